The third-order valence-corrected chi connectivity index (χ3v) is 2.33. The third-order valence-electron chi connectivity index (χ3n) is 2.33. The smallest absolute Gasteiger partial charge is 0.338 e. The number of anilines is 1. The summed E-state index contributed by atoms with van der Waals surface area (Å²) in [6, 6.07) is 7.55. The van der Waals surface area contributed by atoms with Crippen LogP contribution in [-0.4, -0.2) is 23.9 Å². The third kappa shape index (κ3) is 4.42. The average molecular weight is 275 g/mol. The Labute approximate surface area is 115 Å². The largest absolute Gasteiger partial charge is 0.449 e. The lowest BCUT2D eigenvalue weighted by atomic mass is 10.2. The van der Waals surface area contributed by atoms with Gasteiger partial charge in [0.25, 0.3) is 5.91 Å². The first kappa shape index (κ1) is 15.2. The first-order valence-electron chi connectivity index (χ1n) is 5.71. The Hall–Kier alpha value is -2.88. The van der Waals surface area contributed by atoms with Gasteiger partial charge in [-0.1, -0.05) is 0 Å². The lowest BCUT2D eigenvalue weighted by molar-refractivity contribution is -0.125. The summed E-state index contributed by atoms with van der Waals surface area (Å²) < 4.78 is 4.81. The van der Waals surface area contributed by atoms with E-state index in [4.69, 9.17) is 15.7 Å². The number of ether oxygens (including phenoxy) is 1. The Kier molecular flexibility index (Phi) is 5.23. The Morgan fingerprint density at radius 3 is 2.45 bits per heavy atom. The van der Waals surface area contributed by atoms with Crippen LogP contribution in [0.3, 0.4) is 0 Å². The number of amides is 2. The SMILES string of the molecule is C[C@H](OC(=O)c1ccc(NC(=O)CC#N)cc1)C(N)=O. The zero-order chi connectivity index (χ0) is 15.1. The van der Waals surface area contributed by atoms with Crippen LogP contribution in [0.5, 0.6) is 0 Å². The summed E-state index contributed by atoms with van der Waals surface area (Å²) in [5, 5.41) is 10.8. The second-order valence-electron chi connectivity index (χ2n) is 3.91. The van der Waals surface area contributed by atoms with Gasteiger partial charge in [-0.3, -0.25) is 9.59 Å². The van der Waals surface area contributed by atoms with Gasteiger partial charge >= 0.3 is 5.97 Å². The van der Waals surface area contributed by atoms with Crippen LogP contribution in [0.2, 0.25) is 0 Å². The maximum atomic E-state index is 11.6. The van der Waals surface area contributed by atoms with Crippen molar-refractivity contribution in [1.29, 1.82) is 5.26 Å². The first-order valence-corrected chi connectivity index (χ1v) is 5.71. The molecule has 0 saturated carbocycles. The molecule has 0 bridgehead atoms. The van der Waals surface area contributed by atoms with E-state index in [1.807, 2.05) is 0 Å². The topological polar surface area (TPSA) is 122 Å². The first-order chi connectivity index (χ1) is 9.43. The fourth-order valence-electron chi connectivity index (χ4n) is 1.25. The van der Waals surface area contributed by atoms with Gasteiger partial charge in [-0.05, 0) is 31.2 Å². The number of primary amides is 1. The fraction of sp³-hybridized carbons (Fsp3) is 0.231. The van der Waals surface area contributed by atoms with Gasteiger partial charge in [0.2, 0.25) is 5.91 Å². The van der Waals surface area contributed by atoms with Gasteiger partial charge in [-0.15, -0.1) is 0 Å². The highest BCUT2D eigenvalue weighted by atomic mass is 16.5. The van der Waals surface area contributed by atoms with Gasteiger partial charge < -0.3 is 15.8 Å². The minimum Gasteiger partial charge on any atom is -0.449 e. The zero-order valence-corrected chi connectivity index (χ0v) is 10.8. The number of nitrogens with one attached hydrogen (secondary N) is 1. The van der Waals surface area contributed by atoms with Gasteiger partial charge in [0.15, 0.2) is 6.10 Å². The summed E-state index contributed by atoms with van der Waals surface area (Å²) in [6.07, 6.45) is -1.27. The number of hydrogen-bond acceptors (Lipinski definition) is 5. The molecule has 0 spiro atoms. The monoisotopic (exact) mass is 275 g/mol. The Morgan fingerprint density at radius 2 is 1.95 bits per heavy atom. The van der Waals surface area contributed by atoms with Crippen LogP contribution in [0.4, 0.5) is 5.69 Å². The number of benzene rings is 1. The molecule has 0 unspecified atom stereocenters. The summed E-state index contributed by atoms with van der Waals surface area (Å²) in [7, 11) is 0. The van der Waals surface area contributed by atoms with Crippen molar-refractivity contribution in [2.45, 2.75) is 19.4 Å². The lowest BCUT2D eigenvalue weighted by Crippen LogP contribution is -2.30. The number of nitriles is 1. The van der Waals surface area contributed by atoms with Gasteiger partial charge in [0, 0.05) is 5.69 Å². The summed E-state index contributed by atoms with van der Waals surface area (Å²) in [6.45, 7) is 1.37. The molecule has 0 radical (unpaired) electrons. The molecule has 1 aromatic rings. The number of carbonyl (C=O) groups excluding carboxylic acids is 3. The molecule has 1 atom stereocenters. The predicted octanol–water partition coefficient (Wildman–Crippen LogP) is 0.569. The molecule has 0 aliphatic rings. The summed E-state index contributed by atoms with van der Waals surface area (Å²) in [5.41, 5.74) is 5.65. The molecule has 0 fully saturated rings. The van der Waals surface area contributed by atoms with Crippen LogP contribution >= 0.6 is 0 Å². The average Bonchev–Trinajstić information content (AvgIpc) is 2.39. The maximum absolute atomic E-state index is 11.6. The molecule has 7 heteroatoms. The summed E-state index contributed by atoms with van der Waals surface area (Å²) >= 11 is 0. The van der Waals surface area contributed by atoms with Crippen molar-refractivity contribution in [3.63, 3.8) is 0 Å². The standard InChI is InChI=1S/C13H13N3O4/c1-8(12(15)18)20-13(19)9-2-4-10(5-3-9)16-11(17)6-7-14/h2-5,8H,6H2,1H3,(H2,15,18)(H,16,17)/t8-/m0/s1. The van der Waals surface area contributed by atoms with Crippen molar-refractivity contribution in [1.82, 2.24) is 0 Å². The van der Waals surface area contributed by atoms with Gasteiger partial charge in [-0.25, -0.2) is 4.79 Å². The molecule has 0 aliphatic carbocycles. The Bertz CT molecular complexity index is 560. The van der Waals surface area contributed by atoms with Crippen LogP contribution in [0.15, 0.2) is 24.3 Å². The fourth-order valence-corrected chi connectivity index (χ4v) is 1.25. The molecule has 1 rings (SSSR count). The molecule has 3 N–H and O–H groups in total. The zero-order valence-electron chi connectivity index (χ0n) is 10.8. The maximum Gasteiger partial charge on any atom is 0.338 e. The van der Waals surface area contributed by atoms with E-state index in [1.54, 1.807) is 6.07 Å². The van der Waals surface area contributed by atoms with Gasteiger partial charge in [0.05, 0.1) is 11.6 Å². The van der Waals surface area contributed by atoms with Crippen LogP contribution < -0.4 is 11.1 Å². The van der Waals surface area contributed by atoms with Crippen LogP contribution in [-0.2, 0) is 14.3 Å². The van der Waals surface area contributed by atoms with Gasteiger partial charge in [0.1, 0.15) is 6.42 Å². The molecular weight excluding hydrogens is 262 g/mol. The Morgan fingerprint density at radius 1 is 1.35 bits per heavy atom. The van der Waals surface area contributed by atoms with E-state index in [0.29, 0.717) is 5.69 Å². The van der Waals surface area contributed by atoms with Crippen molar-refractivity contribution in [3.8, 4) is 6.07 Å². The van der Waals surface area contributed by atoms with Crippen molar-refractivity contribution in [2.24, 2.45) is 5.73 Å². The molecule has 104 valence electrons. The lowest BCUT2D eigenvalue weighted by Gasteiger charge is -2.10. The molecule has 7 nitrogen and oxygen atoms in total. The number of carbonyl (C=O) groups is 3. The number of esters is 1. The van der Waals surface area contributed by atoms with E-state index in [-0.39, 0.29) is 12.0 Å². The summed E-state index contributed by atoms with van der Waals surface area (Å²) in [5.74, 6) is -1.87. The molecule has 0 aliphatic heterocycles. The molecular formula is C13H13N3O4. The normalized spacial score (nSPS) is 11.0. The van der Waals surface area contributed by atoms with Crippen LogP contribution in [0.1, 0.15) is 23.7 Å². The number of hydrogen-bond donors (Lipinski definition) is 2. The van der Waals surface area contributed by atoms with E-state index in [9.17, 15) is 14.4 Å². The van der Waals surface area contributed by atoms with E-state index in [1.165, 1.54) is 31.2 Å². The minimum atomic E-state index is -1.02. The highest BCUT2D eigenvalue weighted by molar-refractivity contribution is 5.94. The van der Waals surface area contributed by atoms with Crippen LogP contribution in [0, 0.1) is 11.3 Å². The van der Waals surface area contributed by atoms with E-state index < -0.39 is 23.9 Å². The molecule has 1 aromatic carbocycles. The molecule has 0 aromatic heterocycles. The summed E-state index contributed by atoms with van der Waals surface area (Å²) in [4.78, 5) is 33.6. The van der Waals surface area contributed by atoms with Crippen molar-refractivity contribution < 1.29 is 19.1 Å². The number of rotatable bonds is 5. The van der Waals surface area contributed by atoms with E-state index in [2.05, 4.69) is 5.32 Å². The van der Waals surface area contributed by atoms with Gasteiger partial charge in [-0.2, -0.15) is 5.26 Å². The minimum absolute atomic E-state index is 0.219. The van der Waals surface area contributed by atoms with Crippen molar-refractivity contribution in [3.05, 3.63) is 29.8 Å². The Balaban J connectivity index is 2.67. The second kappa shape index (κ2) is 6.89. The predicted molar refractivity (Wildman–Crippen MR) is 69.4 cm³/mol. The number of nitrogens with zero attached hydrogens (tertiary/aromatic N) is 1. The molecule has 0 heterocycles. The highest BCUT2D eigenvalue weighted by Crippen LogP contribution is 2.11. The van der Waals surface area contributed by atoms with E-state index >= 15 is 0 Å². The number of nitrogens with two attached hydrogens (primary N) is 1. The second-order valence-corrected chi connectivity index (χ2v) is 3.91. The molecule has 20 heavy (non-hydrogen) atoms. The van der Waals surface area contributed by atoms with Crippen molar-refractivity contribution >= 4 is 23.5 Å². The quantitative estimate of drug-likeness (QED) is 0.760. The molecule has 0 saturated heterocycles. The molecule has 2 amide bonds. The van der Waals surface area contributed by atoms with Crippen LogP contribution in [0.25, 0.3) is 0 Å². The highest BCUT2D eigenvalue weighted by Gasteiger charge is 2.16. The van der Waals surface area contributed by atoms with E-state index in [0.717, 1.165) is 0 Å². The van der Waals surface area contributed by atoms with Crippen molar-refractivity contribution in [2.75, 3.05) is 5.32 Å².